The van der Waals surface area contributed by atoms with E-state index < -0.39 is 0 Å². The maximum Gasteiger partial charge on any atom is 0.106 e. The minimum absolute atomic E-state index is 0.360. The number of anilines is 1. The molecule has 0 bridgehead atoms. The predicted octanol–water partition coefficient (Wildman–Crippen LogP) is 4.63. The normalized spacial score (nSPS) is 17.6. The number of nitrogens with one attached hydrogen (secondary N) is 1. The van der Waals surface area contributed by atoms with Crippen LogP contribution in [0.2, 0.25) is 0 Å². The molecule has 1 aliphatic carbocycles. The molecule has 1 heterocycles. The SMILES string of the molecule is NC(=S)c1cc(Br)ccc1NC1CCCc2sccc21. The van der Waals surface area contributed by atoms with Crippen LogP contribution in [0.3, 0.4) is 0 Å². The number of benzene rings is 1. The second-order valence-corrected chi connectivity index (χ2v) is 7.30. The Bertz CT molecular complexity index is 651. The zero-order valence-electron chi connectivity index (χ0n) is 10.9. The van der Waals surface area contributed by atoms with Gasteiger partial charge in [-0.2, -0.15) is 0 Å². The lowest BCUT2D eigenvalue weighted by atomic mass is 9.93. The summed E-state index contributed by atoms with van der Waals surface area (Å²) >= 11 is 10.5. The summed E-state index contributed by atoms with van der Waals surface area (Å²) in [5, 5.41) is 5.80. The lowest BCUT2D eigenvalue weighted by Gasteiger charge is -2.26. The first-order valence-corrected chi connectivity index (χ1v) is 8.65. The van der Waals surface area contributed by atoms with Gasteiger partial charge in [0.05, 0.1) is 6.04 Å². The van der Waals surface area contributed by atoms with Gasteiger partial charge in [0.1, 0.15) is 4.99 Å². The van der Waals surface area contributed by atoms with Crippen LogP contribution >= 0.6 is 39.5 Å². The fourth-order valence-electron chi connectivity index (χ4n) is 2.67. The molecule has 0 amide bonds. The highest BCUT2D eigenvalue weighted by Gasteiger charge is 2.22. The molecule has 2 nitrogen and oxygen atoms in total. The van der Waals surface area contributed by atoms with Gasteiger partial charge in [-0.3, -0.25) is 0 Å². The van der Waals surface area contributed by atoms with E-state index in [1.54, 1.807) is 0 Å². The smallest absolute Gasteiger partial charge is 0.106 e. The molecule has 0 aliphatic heterocycles. The van der Waals surface area contributed by atoms with Crippen molar-refractivity contribution in [1.82, 2.24) is 0 Å². The van der Waals surface area contributed by atoms with Gasteiger partial charge in [-0.25, -0.2) is 0 Å². The van der Waals surface area contributed by atoms with Crippen LogP contribution in [0, 0.1) is 0 Å². The zero-order valence-corrected chi connectivity index (χ0v) is 14.1. The van der Waals surface area contributed by atoms with Crippen molar-refractivity contribution in [2.24, 2.45) is 5.73 Å². The van der Waals surface area contributed by atoms with Crippen molar-refractivity contribution >= 4 is 50.2 Å². The Balaban J connectivity index is 1.92. The number of hydrogen-bond acceptors (Lipinski definition) is 3. The van der Waals surface area contributed by atoms with Crippen molar-refractivity contribution in [3.8, 4) is 0 Å². The van der Waals surface area contributed by atoms with E-state index in [9.17, 15) is 0 Å². The first-order chi connectivity index (χ1) is 9.65. The Morgan fingerprint density at radius 1 is 1.40 bits per heavy atom. The molecule has 0 radical (unpaired) electrons. The molecule has 5 heteroatoms. The largest absolute Gasteiger partial charge is 0.389 e. The summed E-state index contributed by atoms with van der Waals surface area (Å²) in [4.78, 5) is 1.93. The topological polar surface area (TPSA) is 38.0 Å². The van der Waals surface area contributed by atoms with E-state index in [0.29, 0.717) is 11.0 Å². The number of nitrogens with two attached hydrogens (primary N) is 1. The predicted molar refractivity (Wildman–Crippen MR) is 93.7 cm³/mol. The van der Waals surface area contributed by atoms with Crippen molar-refractivity contribution in [2.75, 3.05) is 5.32 Å². The number of hydrogen-bond donors (Lipinski definition) is 2. The van der Waals surface area contributed by atoms with Crippen LogP contribution in [-0.4, -0.2) is 4.99 Å². The maximum absolute atomic E-state index is 5.84. The van der Waals surface area contributed by atoms with Gasteiger partial charge < -0.3 is 11.1 Å². The van der Waals surface area contributed by atoms with Gasteiger partial charge in [0.15, 0.2) is 0 Å². The molecule has 104 valence electrons. The summed E-state index contributed by atoms with van der Waals surface area (Å²) < 4.78 is 0.991. The summed E-state index contributed by atoms with van der Waals surface area (Å²) in [6.45, 7) is 0. The summed E-state index contributed by atoms with van der Waals surface area (Å²) in [6.07, 6.45) is 3.58. The quantitative estimate of drug-likeness (QED) is 0.777. The molecule has 1 atom stereocenters. The molecule has 1 aromatic heterocycles. The minimum atomic E-state index is 0.360. The van der Waals surface area contributed by atoms with E-state index in [0.717, 1.165) is 22.1 Å². The van der Waals surface area contributed by atoms with Gasteiger partial charge in [0.25, 0.3) is 0 Å². The first-order valence-electron chi connectivity index (χ1n) is 6.57. The van der Waals surface area contributed by atoms with E-state index in [1.807, 2.05) is 29.5 Å². The van der Waals surface area contributed by atoms with Gasteiger partial charge in [-0.05, 0) is 54.5 Å². The van der Waals surface area contributed by atoms with Crippen LogP contribution in [0.1, 0.15) is 34.9 Å². The molecule has 0 spiro atoms. The van der Waals surface area contributed by atoms with Gasteiger partial charge in [-0.15, -0.1) is 11.3 Å². The number of fused-ring (bicyclic) bond motifs is 1. The number of aryl methyl sites for hydroxylation is 1. The van der Waals surface area contributed by atoms with E-state index in [1.165, 1.54) is 23.3 Å². The Morgan fingerprint density at radius 2 is 2.25 bits per heavy atom. The summed E-state index contributed by atoms with van der Waals surface area (Å²) in [7, 11) is 0. The van der Waals surface area contributed by atoms with Crippen LogP contribution in [0.25, 0.3) is 0 Å². The molecule has 1 aromatic carbocycles. The summed E-state index contributed by atoms with van der Waals surface area (Å²) in [5.41, 5.74) is 9.18. The molecular formula is C15H15BrN2S2. The molecule has 3 N–H and O–H groups in total. The third-order valence-electron chi connectivity index (χ3n) is 3.63. The van der Waals surface area contributed by atoms with Crippen molar-refractivity contribution in [3.63, 3.8) is 0 Å². The molecule has 1 unspecified atom stereocenters. The molecule has 0 saturated carbocycles. The molecule has 0 saturated heterocycles. The Hall–Kier alpha value is -0.910. The fraction of sp³-hybridized carbons (Fsp3) is 0.267. The third-order valence-corrected chi connectivity index (χ3v) is 5.34. The maximum atomic E-state index is 5.84. The molecule has 3 rings (SSSR count). The number of halogens is 1. The number of rotatable bonds is 3. The number of thiophene rings is 1. The molecule has 0 fully saturated rings. The Kier molecular flexibility index (Phi) is 4.10. The monoisotopic (exact) mass is 366 g/mol. The highest BCUT2D eigenvalue weighted by Crippen LogP contribution is 2.36. The van der Waals surface area contributed by atoms with Gasteiger partial charge in [-0.1, -0.05) is 28.1 Å². The van der Waals surface area contributed by atoms with Gasteiger partial charge in [0, 0.05) is 20.6 Å². The van der Waals surface area contributed by atoms with Crippen LogP contribution in [0.5, 0.6) is 0 Å². The van der Waals surface area contributed by atoms with Crippen molar-refractivity contribution in [1.29, 1.82) is 0 Å². The average molecular weight is 367 g/mol. The van der Waals surface area contributed by atoms with Crippen LogP contribution < -0.4 is 11.1 Å². The highest BCUT2D eigenvalue weighted by atomic mass is 79.9. The second kappa shape index (κ2) is 5.84. The van der Waals surface area contributed by atoms with Crippen molar-refractivity contribution < 1.29 is 0 Å². The van der Waals surface area contributed by atoms with E-state index in [4.69, 9.17) is 18.0 Å². The standard InChI is InChI=1S/C15H15BrN2S2/c16-9-4-5-13(11(8-9)15(17)19)18-12-2-1-3-14-10(12)6-7-20-14/h4-8,12,18H,1-3H2,(H2,17,19). The molecule has 1 aliphatic rings. The summed E-state index contributed by atoms with van der Waals surface area (Å²) in [6, 6.07) is 8.62. The second-order valence-electron chi connectivity index (χ2n) is 4.94. The highest BCUT2D eigenvalue weighted by molar-refractivity contribution is 9.10. The molecule has 20 heavy (non-hydrogen) atoms. The van der Waals surface area contributed by atoms with Crippen LogP contribution in [-0.2, 0) is 6.42 Å². The molecular weight excluding hydrogens is 352 g/mol. The fourth-order valence-corrected chi connectivity index (χ4v) is 4.19. The first kappa shape index (κ1) is 14.0. The Morgan fingerprint density at radius 3 is 3.05 bits per heavy atom. The van der Waals surface area contributed by atoms with Gasteiger partial charge >= 0.3 is 0 Å². The van der Waals surface area contributed by atoms with Crippen molar-refractivity contribution in [3.05, 3.63) is 50.1 Å². The van der Waals surface area contributed by atoms with Crippen molar-refractivity contribution in [2.45, 2.75) is 25.3 Å². The average Bonchev–Trinajstić information content (AvgIpc) is 2.90. The lowest BCUT2D eigenvalue weighted by molar-refractivity contribution is 0.609. The summed E-state index contributed by atoms with van der Waals surface area (Å²) in [5.74, 6) is 0. The van der Waals surface area contributed by atoms with Gasteiger partial charge in [0.2, 0.25) is 0 Å². The third kappa shape index (κ3) is 2.75. The van der Waals surface area contributed by atoms with Crippen LogP contribution in [0.15, 0.2) is 34.1 Å². The van der Waals surface area contributed by atoms with Crippen LogP contribution in [0.4, 0.5) is 5.69 Å². The molecule has 2 aromatic rings. The van der Waals surface area contributed by atoms with E-state index >= 15 is 0 Å². The van der Waals surface area contributed by atoms with E-state index in [2.05, 4.69) is 32.7 Å². The Labute approximate surface area is 136 Å². The number of thiocarbonyl (C=S) groups is 1. The van der Waals surface area contributed by atoms with E-state index in [-0.39, 0.29) is 0 Å². The minimum Gasteiger partial charge on any atom is -0.389 e. The lowest BCUT2D eigenvalue weighted by Crippen LogP contribution is -2.19. The zero-order chi connectivity index (χ0) is 14.1.